The van der Waals surface area contributed by atoms with E-state index in [0.717, 1.165) is 28.2 Å². The molecule has 6 nitrogen and oxygen atoms in total. The van der Waals surface area contributed by atoms with E-state index in [4.69, 9.17) is 5.26 Å². The molecule has 2 aromatic heterocycles. The van der Waals surface area contributed by atoms with E-state index in [1.165, 1.54) is 16.9 Å². The van der Waals surface area contributed by atoms with E-state index in [2.05, 4.69) is 21.5 Å². The third-order valence-electron chi connectivity index (χ3n) is 4.67. The average Bonchev–Trinajstić information content (AvgIpc) is 3.23. The van der Waals surface area contributed by atoms with Crippen molar-refractivity contribution in [2.75, 3.05) is 5.32 Å². The molecule has 0 spiro atoms. The van der Waals surface area contributed by atoms with Crippen molar-refractivity contribution in [3.63, 3.8) is 0 Å². The number of hydrogen-bond acceptors (Lipinski definition) is 5. The quantitative estimate of drug-likeness (QED) is 0.644. The van der Waals surface area contributed by atoms with Crippen LogP contribution in [-0.4, -0.2) is 20.7 Å². The van der Waals surface area contributed by atoms with Crippen molar-refractivity contribution in [3.05, 3.63) is 52.2 Å². The van der Waals surface area contributed by atoms with Gasteiger partial charge in [0.1, 0.15) is 0 Å². The van der Waals surface area contributed by atoms with Gasteiger partial charge in [-0.3, -0.25) is 9.48 Å². The lowest BCUT2D eigenvalue weighted by atomic mass is 10.1. The summed E-state index contributed by atoms with van der Waals surface area (Å²) in [5.41, 5.74) is 6.13. The molecule has 1 amide bonds. The molecule has 7 heteroatoms. The van der Waals surface area contributed by atoms with Gasteiger partial charge in [0.2, 0.25) is 5.91 Å². The van der Waals surface area contributed by atoms with Gasteiger partial charge in [0.25, 0.3) is 0 Å². The zero-order chi connectivity index (χ0) is 20.1. The van der Waals surface area contributed by atoms with Crippen LogP contribution in [0.2, 0.25) is 0 Å². The van der Waals surface area contributed by atoms with Crippen LogP contribution in [0.5, 0.6) is 0 Å². The Morgan fingerprint density at radius 1 is 1.25 bits per heavy atom. The summed E-state index contributed by atoms with van der Waals surface area (Å²) in [4.78, 5) is 16.9. The number of carbonyl (C=O) groups is 1. The number of benzene rings is 1. The van der Waals surface area contributed by atoms with Crippen LogP contribution < -0.4 is 5.32 Å². The Labute approximate surface area is 168 Å². The van der Waals surface area contributed by atoms with Crippen molar-refractivity contribution in [1.29, 1.82) is 5.26 Å². The lowest BCUT2D eigenvalue weighted by molar-refractivity contribution is -0.116. The van der Waals surface area contributed by atoms with Crippen molar-refractivity contribution in [3.8, 4) is 17.3 Å². The number of nitriles is 1. The van der Waals surface area contributed by atoms with Crippen molar-refractivity contribution in [2.24, 2.45) is 0 Å². The maximum absolute atomic E-state index is 12.4. The lowest BCUT2D eigenvalue weighted by Crippen LogP contribution is -2.12. The predicted molar refractivity (Wildman–Crippen MR) is 111 cm³/mol. The van der Waals surface area contributed by atoms with Gasteiger partial charge in [0, 0.05) is 23.1 Å². The lowest BCUT2D eigenvalue weighted by Gasteiger charge is -2.04. The predicted octanol–water partition coefficient (Wildman–Crippen LogP) is 4.42. The summed E-state index contributed by atoms with van der Waals surface area (Å²) in [6.45, 7) is 6.56. The normalized spacial score (nSPS) is 10.6. The van der Waals surface area contributed by atoms with E-state index in [1.807, 2.05) is 55.1 Å². The summed E-state index contributed by atoms with van der Waals surface area (Å²) < 4.78 is 1.85. The molecule has 144 valence electrons. The summed E-state index contributed by atoms with van der Waals surface area (Å²) in [6, 6.07) is 10.3. The van der Waals surface area contributed by atoms with E-state index in [0.29, 0.717) is 30.9 Å². The first-order valence-corrected chi connectivity index (χ1v) is 10.1. The highest BCUT2D eigenvalue weighted by atomic mass is 32.1. The van der Waals surface area contributed by atoms with Gasteiger partial charge in [-0.15, -0.1) is 11.3 Å². The van der Waals surface area contributed by atoms with E-state index >= 15 is 0 Å². The second-order valence-corrected chi connectivity index (χ2v) is 7.59. The third kappa shape index (κ3) is 4.65. The monoisotopic (exact) mass is 393 g/mol. The Balaban J connectivity index is 1.59. The Morgan fingerprint density at radius 3 is 2.71 bits per heavy atom. The van der Waals surface area contributed by atoms with E-state index in [-0.39, 0.29) is 5.91 Å². The first kappa shape index (κ1) is 19.8. The van der Waals surface area contributed by atoms with Gasteiger partial charge >= 0.3 is 0 Å². The van der Waals surface area contributed by atoms with E-state index in [1.54, 1.807) is 0 Å². The molecular formula is C21H23N5OS. The van der Waals surface area contributed by atoms with Gasteiger partial charge < -0.3 is 5.32 Å². The smallest absolute Gasteiger partial charge is 0.226 e. The fourth-order valence-corrected chi connectivity index (χ4v) is 3.81. The first-order chi connectivity index (χ1) is 13.5. The molecule has 3 aromatic rings. The summed E-state index contributed by atoms with van der Waals surface area (Å²) in [5, 5.41) is 18.7. The molecule has 0 fully saturated rings. The highest BCUT2D eigenvalue weighted by Crippen LogP contribution is 2.25. The molecule has 1 aromatic carbocycles. The highest BCUT2D eigenvalue weighted by Gasteiger charge is 2.14. The topological polar surface area (TPSA) is 83.6 Å². The van der Waals surface area contributed by atoms with Crippen LogP contribution >= 0.6 is 11.3 Å². The molecule has 2 heterocycles. The molecule has 0 radical (unpaired) electrons. The maximum Gasteiger partial charge on any atom is 0.226 e. The number of hydrogen-bond donors (Lipinski definition) is 1. The standard InChI is InChI=1S/C21H23N5OS/c1-14-5-7-17(8-6-14)19-13-28-21(23-19)24-20(27)10-9-18-15(2)25-26(16(18)3)12-4-11-22/h5-8,13H,4,9-10,12H2,1-3H3,(H,23,24,27). The Hall–Kier alpha value is -2.98. The van der Waals surface area contributed by atoms with Crippen molar-refractivity contribution < 1.29 is 4.79 Å². The van der Waals surface area contributed by atoms with Crippen LogP contribution in [0.4, 0.5) is 5.13 Å². The summed E-state index contributed by atoms with van der Waals surface area (Å²) in [7, 11) is 0. The third-order valence-corrected chi connectivity index (χ3v) is 5.42. The molecule has 0 saturated carbocycles. The fraction of sp³-hybridized carbons (Fsp3) is 0.333. The van der Waals surface area contributed by atoms with Crippen molar-refractivity contribution >= 4 is 22.4 Å². The molecule has 0 aliphatic carbocycles. The zero-order valence-corrected chi connectivity index (χ0v) is 17.1. The molecule has 0 bridgehead atoms. The number of amides is 1. The molecule has 0 saturated heterocycles. The van der Waals surface area contributed by atoms with Crippen LogP contribution in [-0.2, 0) is 17.8 Å². The SMILES string of the molecule is Cc1ccc(-c2csc(NC(=O)CCc3c(C)nn(CCC#N)c3C)n2)cc1. The van der Waals surface area contributed by atoms with Gasteiger partial charge in [0.05, 0.1) is 30.4 Å². The van der Waals surface area contributed by atoms with Crippen LogP contribution in [0.25, 0.3) is 11.3 Å². The molecule has 0 unspecified atom stereocenters. The van der Waals surface area contributed by atoms with E-state index in [9.17, 15) is 4.79 Å². The molecule has 0 aliphatic heterocycles. The molecular weight excluding hydrogens is 370 g/mol. The van der Waals surface area contributed by atoms with Gasteiger partial charge in [-0.2, -0.15) is 10.4 Å². The number of aryl methyl sites for hydroxylation is 3. The minimum Gasteiger partial charge on any atom is -0.302 e. The second-order valence-electron chi connectivity index (χ2n) is 6.73. The van der Waals surface area contributed by atoms with Crippen LogP contribution in [0.15, 0.2) is 29.6 Å². The number of aromatic nitrogens is 3. The average molecular weight is 394 g/mol. The minimum atomic E-state index is -0.0617. The maximum atomic E-state index is 12.4. The first-order valence-electron chi connectivity index (χ1n) is 9.20. The van der Waals surface area contributed by atoms with Crippen molar-refractivity contribution in [1.82, 2.24) is 14.8 Å². The van der Waals surface area contributed by atoms with Crippen LogP contribution in [0.1, 0.15) is 35.4 Å². The Bertz CT molecular complexity index is 1010. The Kier molecular flexibility index (Phi) is 6.22. The zero-order valence-electron chi connectivity index (χ0n) is 16.3. The number of thiazole rings is 1. The number of nitrogens with zero attached hydrogens (tertiary/aromatic N) is 4. The number of anilines is 1. The molecule has 28 heavy (non-hydrogen) atoms. The van der Waals surface area contributed by atoms with E-state index < -0.39 is 0 Å². The van der Waals surface area contributed by atoms with Crippen LogP contribution in [0.3, 0.4) is 0 Å². The largest absolute Gasteiger partial charge is 0.302 e. The molecule has 1 N–H and O–H groups in total. The Morgan fingerprint density at radius 2 is 2.00 bits per heavy atom. The molecule has 3 rings (SSSR count). The van der Waals surface area contributed by atoms with Gasteiger partial charge in [-0.1, -0.05) is 29.8 Å². The van der Waals surface area contributed by atoms with Crippen molar-refractivity contribution in [2.45, 2.75) is 46.6 Å². The summed E-state index contributed by atoms with van der Waals surface area (Å²) in [6.07, 6.45) is 1.41. The number of carbonyl (C=O) groups excluding carboxylic acids is 1. The number of nitrogens with one attached hydrogen (secondary N) is 1. The minimum absolute atomic E-state index is 0.0617. The van der Waals surface area contributed by atoms with Gasteiger partial charge in [-0.25, -0.2) is 4.98 Å². The summed E-state index contributed by atoms with van der Waals surface area (Å²) in [5.74, 6) is -0.0617. The summed E-state index contributed by atoms with van der Waals surface area (Å²) >= 11 is 1.43. The molecule has 0 aliphatic rings. The fourth-order valence-electron chi connectivity index (χ4n) is 3.08. The van der Waals surface area contributed by atoms with Crippen LogP contribution in [0, 0.1) is 32.1 Å². The highest BCUT2D eigenvalue weighted by molar-refractivity contribution is 7.14. The second kappa shape index (κ2) is 8.81. The van der Waals surface area contributed by atoms with Gasteiger partial charge in [0.15, 0.2) is 5.13 Å². The number of rotatable bonds is 7. The van der Waals surface area contributed by atoms with Gasteiger partial charge in [-0.05, 0) is 32.8 Å². The molecule has 0 atom stereocenters.